The molecular formula is C12H10FOP. The van der Waals surface area contributed by atoms with Crippen molar-refractivity contribution in [1.29, 1.82) is 0 Å². The Morgan fingerprint density at radius 1 is 0.867 bits per heavy atom. The Hall–Kier alpha value is -1.40. The molecule has 3 heteroatoms. The van der Waals surface area contributed by atoms with Gasteiger partial charge in [0.2, 0.25) is 0 Å². The van der Waals surface area contributed by atoms with E-state index in [2.05, 4.69) is 0 Å². The Bertz CT molecular complexity index is 413. The van der Waals surface area contributed by atoms with Gasteiger partial charge in [0, 0.05) is 5.30 Å². The second kappa shape index (κ2) is 4.90. The van der Waals surface area contributed by atoms with E-state index in [1.807, 2.05) is 30.3 Å². The molecule has 1 unspecified atom stereocenters. The van der Waals surface area contributed by atoms with E-state index in [1.165, 1.54) is 12.1 Å². The van der Waals surface area contributed by atoms with Crippen LogP contribution >= 0.6 is 8.81 Å². The molecule has 2 aromatic rings. The van der Waals surface area contributed by atoms with Gasteiger partial charge in [-0.15, -0.1) is 0 Å². The molecule has 0 N–H and O–H groups in total. The maximum Gasteiger partial charge on any atom is 0.123 e. The Balaban J connectivity index is 1.96. The number of rotatable bonds is 3. The maximum atomic E-state index is 12.6. The molecule has 2 rings (SSSR count). The zero-order valence-electron chi connectivity index (χ0n) is 7.98. The van der Waals surface area contributed by atoms with E-state index < -0.39 is 0 Å². The van der Waals surface area contributed by atoms with Crippen LogP contribution in [0.5, 0.6) is 5.75 Å². The van der Waals surface area contributed by atoms with Crippen molar-refractivity contribution in [2.24, 2.45) is 0 Å². The molecule has 0 spiro atoms. The largest absolute Gasteiger partial charge is 0.472 e. The van der Waals surface area contributed by atoms with E-state index in [0.29, 0.717) is 0 Å². The van der Waals surface area contributed by atoms with E-state index in [4.69, 9.17) is 4.52 Å². The van der Waals surface area contributed by atoms with Crippen LogP contribution in [0, 0.1) is 5.82 Å². The summed E-state index contributed by atoms with van der Waals surface area (Å²) < 4.78 is 18.1. The lowest BCUT2D eigenvalue weighted by atomic mass is 10.3. The molecule has 0 aliphatic heterocycles. The van der Waals surface area contributed by atoms with Crippen LogP contribution < -0.4 is 9.83 Å². The van der Waals surface area contributed by atoms with Crippen LogP contribution in [-0.2, 0) is 0 Å². The van der Waals surface area contributed by atoms with Crippen LogP contribution in [0.25, 0.3) is 0 Å². The highest BCUT2D eigenvalue weighted by atomic mass is 31.1. The molecule has 0 saturated heterocycles. The van der Waals surface area contributed by atoms with E-state index in [0.717, 1.165) is 11.1 Å². The van der Waals surface area contributed by atoms with Crippen LogP contribution in [0.4, 0.5) is 4.39 Å². The fourth-order valence-electron chi connectivity index (χ4n) is 1.12. The first-order valence-electron chi connectivity index (χ1n) is 4.58. The predicted molar refractivity (Wildman–Crippen MR) is 61.4 cm³/mol. The highest BCUT2D eigenvalue weighted by molar-refractivity contribution is 7.42. The zero-order valence-corrected chi connectivity index (χ0v) is 8.98. The third kappa shape index (κ3) is 3.03. The summed E-state index contributed by atoms with van der Waals surface area (Å²) in [6, 6.07) is 15.9. The molecule has 0 aliphatic rings. The molecule has 0 radical (unpaired) electrons. The Kier molecular flexibility index (Phi) is 3.31. The fraction of sp³-hybridized carbons (Fsp3) is 0. The number of benzene rings is 2. The molecule has 1 nitrogen and oxygen atoms in total. The third-order valence-corrected chi connectivity index (χ3v) is 2.78. The van der Waals surface area contributed by atoms with Crippen molar-refractivity contribution in [3.8, 4) is 5.75 Å². The van der Waals surface area contributed by atoms with Crippen LogP contribution in [0.3, 0.4) is 0 Å². The molecule has 0 bridgehead atoms. The Labute approximate surface area is 89.8 Å². The summed E-state index contributed by atoms with van der Waals surface area (Å²) in [7, 11) is 0.212. The normalized spacial score (nSPS) is 10.7. The molecule has 0 aliphatic carbocycles. The Morgan fingerprint density at radius 3 is 2.20 bits per heavy atom. The average molecular weight is 220 g/mol. The molecule has 0 aromatic heterocycles. The van der Waals surface area contributed by atoms with Crippen molar-refractivity contribution >= 4 is 14.1 Å². The van der Waals surface area contributed by atoms with Crippen molar-refractivity contribution in [1.82, 2.24) is 0 Å². The van der Waals surface area contributed by atoms with E-state index in [1.54, 1.807) is 12.1 Å². The smallest absolute Gasteiger partial charge is 0.123 e. The maximum absolute atomic E-state index is 12.6. The van der Waals surface area contributed by atoms with Gasteiger partial charge >= 0.3 is 0 Å². The summed E-state index contributed by atoms with van der Waals surface area (Å²) >= 11 is 0. The molecule has 0 saturated carbocycles. The zero-order chi connectivity index (χ0) is 10.5. The first-order chi connectivity index (χ1) is 7.34. The second-order valence-electron chi connectivity index (χ2n) is 3.02. The van der Waals surface area contributed by atoms with Gasteiger partial charge in [0.15, 0.2) is 0 Å². The van der Waals surface area contributed by atoms with E-state index in [-0.39, 0.29) is 14.6 Å². The summed E-state index contributed by atoms with van der Waals surface area (Å²) in [5.41, 5.74) is 0. The monoisotopic (exact) mass is 220 g/mol. The van der Waals surface area contributed by atoms with Gasteiger partial charge in [0.05, 0.1) is 0 Å². The first-order valence-corrected chi connectivity index (χ1v) is 5.49. The third-order valence-electron chi connectivity index (χ3n) is 1.87. The summed E-state index contributed by atoms with van der Waals surface area (Å²) in [6.45, 7) is 0. The van der Waals surface area contributed by atoms with E-state index >= 15 is 0 Å². The average Bonchev–Trinajstić information content (AvgIpc) is 2.30. The second-order valence-corrected chi connectivity index (χ2v) is 4.01. The van der Waals surface area contributed by atoms with Crippen LogP contribution in [-0.4, -0.2) is 0 Å². The van der Waals surface area contributed by atoms with Crippen LogP contribution in [0.2, 0.25) is 0 Å². The molecule has 2 aromatic carbocycles. The standard InChI is InChI=1S/C12H10FOP/c13-10-6-8-12(9-7-10)15-14-11-4-2-1-3-5-11/h1-9,15H. The van der Waals surface area contributed by atoms with Gasteiger partial charge in [0.1, 0.15) is 20.4 Å². The number of halogens is 1. The lowest BCUT2D eigenvalue weighted by Gasteiger charge is -2.04. The van der Waals surface area contributed by atoms with Gasteiger partial charge in [-0.2, -0.15) is 0 Å². The molecule has 0 fully saturated rings. The Morgan fingerprint density at radius 2 is 1.53 bits per heavy atom. The first kappa shape index (κ1) is 10.1. The molecule has 0 amide bonds. The lowest BCUT2D eigenvalue weighted by Crippen LogP contribution is -1.95. The molecule has 76 valence electrons. The molecule has 0 heterocycles. The quantitative estimate of drug-likeness (QED) is 0.722. The minimum Gasteiger partial charge on any atom is -0.472 e. The number of para-hydroxylation sites is 1. The highest BCUT2D eigenvalue weighted by Crippen LogP contribution is 2.19. The number of hydrogen-bond acceptors (Lipinski definition) is 1. The van der Waals surface area contributed by atoms with Crippen molar-refractivity contribution in [2.75, 3.05) is 0 Å². The minimum absolute atomic E-state index is 0.212. The van der Waals surface area contributed by atoms with Gasteiger partial charge < -0.3 is 4.52 Å². The van der Waals surface area contributed by atoms with Crippen molar-refractivity contribution in [2.45, 2.75) is 0 Å². The summed E-state index contributed by atoms with van der Waals surface area (Å²) in [5.74, 6) is 0.614. The van der Waals surface area contributed by atoms with Gasteiger partial charge in [-0.05, 0) is 36.4 Å². The van der Waals surface area contributed by atoms with E-state index in [9.17, 15) is 4.39 Å². The summed E-state index contributed by atoms with van der Waals surface area (Å²) in [5, 5.41) is 0.986. The summed E-state index contributed by atoms with van der Waals surface area (Å²) in [6.07, 6.45) is 0. The molecule has 1 atom stereocenters. The summed E-state index contributed by atoms with van der Waals surface area (Å²) in [4.78, 5) is 0. The van der Waals surface area contributed by atoms with Gasteiger partial charge in [0.25, 0.3) is 0 Å². The highest BCUT2D eigenvalue weighted by Gasteiger charge is 1.95. The van der Waals surface area contributed by atoms with Crippen molar-refractivity contribution < 1.29 is 8.91 Å². The van der Waals surface area contributed by atoms with Crippen LogP contribution in [0.1, 0.15) is 0 Å². The molecule has 15 heavy (non-hydrogen) atoms. The minimum atomic E-state index is -0.219. The topological polar surface area (TPSA) is 9.23 Å². The van der Waals surface area contributed by atoms with Gasteiger partial charge in [-0.3, -0.25) is 0 Å². The van der Waals surface area contributed by atoms with Crippen LogP contribution in [0.15, 0.2) is 54.6 Å². The van der Waals surface area contributed by atoms with Crippen molar-refractivity contribution in [3.05, 3.63) is 60.4 Å². The van der Waals surface area contributed by atoms with Gasteiger partial charge in [-0.1, -0.05) is 18.2 Å². The van der Waals surface area contributed by atoms with Crippen molar-refractivity contribution in [3.63, 3.8) is 0 Å². The predicted octanol–water partition coefficient (Wildman–Crippen LogP) is 3.12. The fourth-order valence-corrected chi connectivity index (χ4v) is 1.80. The van der Waals surface area contributed by atoms with Gasteiger partial charge in [-0.25, -0.2) is 4.39 Å². The lowest BCUT2D eigenvalue weighted by molar-refractivity contribution is 0.627. The molecular weight excluding hydrogens is 210 g/mol. The number of hydrogen-bond donors (Lipinski definition) is 0. The SMILES string of the molecule is Fc1ccc(POc2ccccc2)cc1.